The summed E-state index contributed by atoms with van der Waals surface area (Å²) in [4.78, 5) is 21.2. The van der Waals surface area contributed by atoms with E-state index < -0.39 is 5.97 Å². The normalized spacial score (nSPS) is 12.1. The highest BCUT2D eigenvalue weighted by Crippen LogP contribution is 2.21. The Bertz CT molecular complexity index is 382. The Morgan fingerprint density at radius 3 is 2.73 bits per heavy atom. The maximum Gasteiger partial charge on any atom is 0.335 e. The number of carboxylic acid groups (broad SMARTS) is 1. The third kappa shape index (κ3) is 2.65. The number of hydrogen-bond donors (Lipinski definition) is 1. The molecule has 1 unspecified atom stereocenters. The Labute approximate surface area is 88.7 Å². The molecule has 1 N–H and O–H groups in total. The van der Waals surface area contributed by atoms with E-state index in [1.807, 2.05) is 13.0 Å². The molecule has 0 aromatic heterocycles. The molecule has 0 heterocycles. The van der Waals surface area contributed by atoms with Crippen LogP contribution in [-0.2, 0) is 4.79 Å². The zero-order valence-corrected chi connectivity index (χ0v) is 8.86. The van der Waals surface area contributed by atoms with Crippen LogP contribution < -0.4 is 0 Å². The Kier molecular flexibility index (Phi) is 3.61. The predicted molar refractivity (Wildman–Crippen MR) is 57.2 cm³/mol. The summed E-state index contributed by atoms with van der Waals surface area (Å²) in [7, 11) is 0. The van der Waals surface area contributed by atoms with E-state index in [4.69, 9.17) is 5.11 Å². The fourth-order valence-electron chi connectivity index (χ4n) is 1.46. The van der Waals surface area contributed by atoms with Crippen molar-refractivity contribution in [1.82, 2.24) is 0 Å². The molecule has 0 saturated heterocycles. The summed E-state index contributed by atoms with van der Waals surface area (Å²) in [5, 5.41) is 8.93. The van der Waals surface area contributed by atoms with Crippen LogP contribution in [0.1, 0.15) is 40.7 Å². The highest BCUT2D eigenvalue weighted by molar-refractivity contribution is 5.89. The van der Waals surface area contributed by atoms with E-state index in [2.05, 4.69) is 0 Å². The van der Waals surface area contributed by atoms with Crippen molar-refractivity contribution in [2.75, 3.05) is 0 Å². The van der Waals surface area contributed by atoms with Crippen molar-refractivity contribution < 1.29 is 14.7 Å². The fraction of sp³-hybridized carbons (Fsp3) is 0.333. The second kappa shape index (κ2) is 4.73. The minimum atomic E-state index is -0.923. The number of aromatic carboxylic acids is 1. The lowest BCUT2D eigenvalue weighted by atomic mass is 9.95. The van der Waals surface area contributed by atoms with Crippen molar-refractivity contribution >= 4 is 12.3 Å². The molecule has 0 aliphatic rings. The molecule has 1 aromatic carbocycles. The number of aldehydes is 1. The maximum absolute atomic E-state index is 10.9. The molecule has 15 heavy (non-hydrogen) atoms. The van der Waals surface area contributed by atoms with Crippen molar-refractivity contribution in [2.24, 2.45) is 0 Å². The molecule has 3 nitrogen and oxygen atoms in total. The number of hydrogen-bond acceptors (Lipinski definition) is 2. The molecular formula is C12H14O3. The molecule has 1 atom stereocenters. The van der Waals surface area contributed by atoms with Gasteiger partial charge in [0, 0.05) is 6.42 Å². The smallest absolute Gasteiger partial charge is 0.335 e. The Hall–Kier alpha value is -1.64. The van der Waals surface area contributed by atoms with E-state index in [0.29, 0.717) is 12.0 Å². The van der Waals surface area contributed by atoms with Crippen LogP contribution in [0, 0.1) is 6.92 Å². The van der Waals surface area contributed by atoms with Gasteiger partial charge in [0.15, 0.2) is 0 Å². The molecule has 0 radical (unpaired) electrons. The molecule has 0 bridgehead atoms. The first-order chi connectivity index (χ1) is 7.06. The van der Waals surface area contributed by atoms with Crippen LogP contribution in [0.5, 0.6) is 0 Å². The zero-order chi connectivity index (χ0) is 11.4. The Morgan fingerprint density at radius 2 is 2.20 bits per heavy atom. The van der Waals surface area contributed by atoms with Gasteiger partial charge >= 0.3 is 5.97 Å². The molecule has 0 fully saturated rings. The van der Waals surface area contributed by atoms with E-state index in [0.717, 1.165) is 17.4 Å². The fourth-order valence-corrected chi connectivity index (χ4v) is 1.46. The summed E-state index contributed by atoms with van der Waals surface area (Å²) < 4.78 is 0. The summed E-state index contributed by atoms with van der Waals surface area (Å²) in [6.45, 7) is 3.67. The number of aryl methyl sites for hydroxylation is 1. The van der Waals surface area contributed by atoms with Crippen LogP contribution in [0.15, 0.2) is 18.2 Å². The molecule has 0 amide bonds. The van der Waals surface area contributed by atoms with Gasteiger partial charge < -0.3 is 9.90 Å². The topological polar surface area (TPSA) is 54.4 Å². The third-order valence-corrected chi connectivity index (χ3v) is 2.51. The number of carbonyl (C=O) groups excluding carboxylic acids is 1. The van der Waals surface area contributed by atoms with E-state index in [1.165, 1.54) is 0 Å². The highest BCUT2D eigenvalue weighted by atomic mass is 16.4. The van der Waals surface area contributed by atoms with Crippen molar-refractivity contribution in [2.45, 2.75) is 26.2 Å². The number of carbonyl (C=O) groups is 2. The van der Waals surface area contributed by atoms with Crippen LogP contribution in [0.4, 0.5) is 0 Å². The molecule has 1 aromatic rings. The first-order valence-electron chi connectivity index (χ1n) is 4.83. The van der Waals surface area contributed by atoms with Crippen molar-refractivity contribution in [3.63, 3.8) is 0 Å². The summed E-state index contributed by atoms with van der Waals surface area (Å²) >= 11 is 0. The predicted octanol–water partition coefficient (Wildman–Crippen LogP) is 2.39. The monoisotopic (exact) mass is 206 g/mol. The summed E-state index contributed by atoms with van der Waals surface area (Å²) in [6.07, 6.45) is 1.27. The molecule has 0 spiro atoms. The van der Waals surface area contributed by atoms with Crippen LogP contribution >= 0.6 is 0 Å². The number of benzene rings is 1. The molecule has 1 rings (SSSR count). The van der Waals surface area contributed by atoms with Gasteiger partial charge in [-0.2, -0.15) is 0 Å². The average Bonchev–Trinajstić information content (AvgIpc) is 2.18. The van der Waals surface area contributed by atoms with Gasteiger partial charge in [0.25, 0.3) is 0 Å². The molecule has 80 valence electrons. The first kappa shape index (κ1) is 11.4. The van der Waals surface area contributed by atoms with Gasteiger partial charge in [0.2, 0.25) is 0 Å². The lowest BCUT2D eigenvalue weighted by Gasteiger charge is -2.10. The lowest BCUT2D eigenvalue weighted by Crippen LogP contribution is -2.03. The van der Waals surface area contributed by atoms with Crippen LogP contribution in [0.3, 0.4) is 0 Å². The second-order valence-electron chi connectivity index (χ2n) is 3.68. The largest absolute Gasteiger partial charge is 0.478 e. The van der Waals surface area contributed by atoms with E-state index >= 15 is 0 Å². The van der Waals surface area contributed by atoms with Gasteiger partial charge in [-0.05, 0) is 30.0 Å². The van der Waals surface area contributed by atoms with Crippen molar-refractivity contribution in [3.05, 3.63) is 34.9 Å². The highest BCUT2D eigenvalue weighted by Gasteiger charge is 2.11. The zero-order valence-electron chi connectivity index (χ0n) is 8.86. The number of rotatable bonds is 4. The third-order valence-electron chi connectivity index (χ3n) is 2.51. The van der Waals surface area contributed by atoms with Crippen LogP contribution in [0.2, 0.25) is 0 Å². The van der Waals surface area contributed by atoms with Gasteiger partial charge in [-0.3, -0.25) is 0 Å². The Balaban J connectivity index is 3.06. The minimum Gasteiger partial charge on any atom is -0.478 e. The minimum absolute atomic E-state index is 0.0706. The molecule has 0 aliphatic heterocycles. The summed E-state index contributed by atoms with van der Waals surface area (Å²) in [5.74, 6) is -0.853. The van der Waals surface area contributed by atoms with Gasteiger partial charge in [-0.25, -0.2) is 4.79 Å². The second-order valence-corrected chi connectivity index (χ2v) is 3.68. The SMILES string of the molecule is Cc1ccc(C(C)CC=O)cc1C(=O)O. The summed E-state index contributed by atoms with van der Waals surface area (Å²) in [6, 6.07) is 5.29. The average molecular weight is 206 g/mol. The van der Waals surface area contributed by atoms with Gasteiger partial charge in [0.1, 0.15) is 6.29 Å². The molecule has 3 heteroatoms. The number of carboxylic acids is 1. The summed E-state index contributed by atoms with van der Waals surface area (Å²) in [5.41, 5.74) is 1.94. The van der Waals surface area contributed by atoms with E-state index in [1.54, 1.807) is 19.1 Å². The van der Waals surface area contributed by atoms with Crippen LogP contribution in [0.25, 0.3) is 0 Å². The van der Waals surface area contributed by atoms with Gasteiger partial charge in [0.05, 0.1) is 5.56 Å². The van der Waals surface area contributed by atoms with Crippen LogP contribution in [-0.4, -0.2) is 17.4 Å². The molecule has 0 aliphatic carbocycles. The van der Waals surface area contributed by atoms with Gasteiger partial charge in [-0.15, -0.1) is 0 Å². The first-order valence-corrected chi connectivity index (χ1v) is 4.83. The quantitative estimate of drug-likeness (QED) is 0.769. The van der Waals surface area contributed by atoms with Crippen molar-refractivity contribution in [3.8, 4) is 0 Å². The standard InChI is InChI=1S/C12H14O3/c1-8(5-6-13)10-4-3-9(2)11(7-10)12(14)15/h3-4,6-8H,5H2,1-2H3,(H,14,15). The molecular weight excluding hydrogens is 192 g/mol. The Morgan fingerprint density at radius 1 is 1.53 bits per heavy atom. The van der Waals surface area contributed by atoms with E-state index in [9.17, 15) is 9.59 Å². The van der Waals surface area contributed by atoms with E-state index in [-0.39, 0.29) is 5.92 Å². The van der Waals surface area contributed by atoms with Crippen molar-refractivity contribution in [1.29, 1.82) is 0 Å². The maximum atomic E-state index is 10.9. The van der Waals surface area contributed by atoms with Gasteiger partial charge in [-0.1, -0.05) is 19.1 Å². The molecule has 0 saturated carbocycles. The lowest BCUT2D eigenvalue weighted by molar-refractivity contribution is -0.108.